The quantitative estimate of drug-likeness (QED) is 0.578. The van der Waals surface area contributed by atoms with E-state index < -0.39 is 17.8 Å². The molecule has 0 radical (unpaired) electrons. The Hall–Kier alpha value is -2.87. The number of benzene rings is 1. The molecule has 24 heavy (non-hydrogen) atoms. The predicted molar refractivity (Wildman–Crippen MR) is 88.7 cm³/mol. The van der Waals surface area contributed by atoms with Crippen molar-refractivity contribution in [1.82, 2.24) is 15.0 Å². The van der Waals surface area contributed by atoms with Crippen molar-refractivity contribution in [2.75, 3.05) is 5.32 Å². The Morgan fingerprint density at radius 2 is 2.12 bits per heavy atom. The molecule has 2 heterocycles. The van der Waals surface area contributed by atoms with Gasteiger partial charge in [0.2, 0.25) is 5.95 Å². The largest absolute Gasteiger partial charge is 0.364 e. The van der Waals surface area contributed by atoms with E-state index in [1.54, 1.807) is 13.0 Å². The number of nitrogens with one attached hydrogen (secondary N) is 3. The SMILES string of the molecule is C[C@H](Nc1ncc(C(N)=O)[nH]1)c1cc2cc(Cl)c(F)cc2[nH]c1=O. The molecule has 0 saturated heterocycles. The van der Waals surface area contributed by atoms with Crippen molar-refractivity contribution in [3.63, 3.8) is 0 Å². The number of anilines is 1. The summed E-state index contributed by atoms with van der Waals surface area (Å²) in [6.45, 7) is 1.74. The number of rotatable bonds is 4. The second-order valence-electron chi connectivity index (χ2n) is 5.28. The van der Waals surface area contributed by atoms with Gasteiger partial charge in [0.15, 0.2) is 0 Å². The molecule has 0 fully saturated rings. The van der Waals surface area contributed by atoms with Gasteiger partial charge in [-0.25, -0.2) is 9.37 Å². The van der Waals surface area contributed by atoms with Gasteiger partial charge in [-0.05, 0) is 25.1 Å². The molecule has 124 valence electrons. The first-order chi connectivity index (χ1) is 11.3. The number of imidazole rings is 1. The smallest absolute Gasteiger partial charge is 0.266 e. The highest BCUT2D eigenvalue weighted by atomic mass is 35.5. The number of H-pyrrole nitrogens is 2. The normalized spacial score (nSPS) is 12.3. The van der Waals surface area contributed by atoms with Crippen LogP contribution in [0, 0.1) is 5.82 Å². The lowest BCUT2D eigenvalue weighted by Crippen LogP contribution is -2.20. The maximum absolute atomic E-state index is 13.5. The monoisotopic (exact) mass is 349 g/mol. The van der Waals surface area contributed by atoms with E-state index in [2.05, 4.69) is 20.3 Å². The molecule has 0 saturated carbocycles. The number of fused-ring (bicyclic) bond motifs is 1. The van der Waals surface area contributed by atoms with Crippen molar-refractivity contribution in [2.45, 2.75) is 13.0 Å². The molecule has 9 heteroatoms. The first-order valence-corrected chi connectivity index (χ1v) is 7.36. The molecule has 7 nitrogen and oxygen atoms in total. The molecule has 0 bridgehead atoms. The molecule has 0 aliphatic rings. The van der Waals surface area contributed by atoms with Crippen LogP contribution in [0.4, 0.5) is 10.3 Å². The standard InChI is InChI=1S/C15H13ClFN5O2/c1-6(20-15-19-5-12(22-15)13(18)23)8-2-7-3-9(16)10(17)4-11(7)21-14(8)24/h2-6H,1H3,(H2,18,23)(H,21,24)(H2,19,20,22)/t6-/m0/s1. The number of primary amides is 1. The number of nitrogens with two attached hydrogens (primary N) is 1. The van der Waals surface area contributed by atoms with Gasteiger partial charge in [0, 0.05) is 10.9 Å². The van der Waals surface area contributed by atoms with E-state index in [1.165, 1.54) is 18.3 Å². The summed E-state index contributed by atoms with van der Waals surface area (Å²) in [6.07, 6.45) is 1.30. The van der Waals surface area contributed by atoms with E-state index in [1.807, 2.05) is 0 Å². The van der Waals surface area contributed by atoms with Crippen LogP contribution in [-0.4, -0.2) is 20.9 Å². The minimum Gasteiger partial charge on any atom is -0.364 e. The summed E-state index contributed by atoms with van der Waals surface area (Å²) >= 11 is 5.78. The molecule has 0 aliphatic heterocycles. The predicted octanol–water partition coefficient (Wildman–Crippen LogP) is 2.32. The molecule has 2 aromatic heterocycles. The van der Waals surface area contributed by atoms with E-state index in [0.29, 0.717) is 22.4 Å². The Balaban J connectivity index is 1.95. The average Bonchev–Trinajstić information content (AvgIpc) is 2.97. The van der Waals surface area contributed by atoms with E-state index >= 15 is 0 Å². The number of carbonyl (C=O) groups is 1. The van der Waals surface area contributed by atoms with Gasteiger partial charge in [-0.15, -0.1) is 0 Å². The van der Waals surface area contributed by atoms with E-state index in [-0.39, 0.29) is 16.3 Å². The molecule has 0 aliphatic carbocycles. The van der Waals surface area contributed by atoms with Crippen molar-refractivity contribution < 1.29 is 9.18 Å². The number of aromatic nitrogens is 3. The zero-order valence-corrected chi connectivity index (χ0v) is 13.2. The van der Waals surface area contributed by atoms with Gasteiger partial charge >= 0.3 is 0 Å². The molecule has 1 amide bonds. The van der Waals surface area contributed by atoms with Gasteiger partial charge in [-0.1, -0.05) is 11.6 Å². The van der Waals surface area contributed by atoms with Crippen LogP contribution in [0.3, 0.4) is 0 Å². The number of nitrogens with zero attached hydrogens (tertiary/aromatic N) is 1. The maximum Gasteiger partial charge on any atom is 0.266 e. The number of carbonyl (C=O) groups excluding carboxylic acids is 1. The number of pyridine rings is 1. The fraction of sp³-hybridized carbons (Fsp3) is 0.133. The highest BCUT2D eigenvalue weighted by Gasteiger charge is 2.14. The zero-order chi connectivity index (χ0) is 17.4. The van der Waals surface area contributed by atoms with Crippen molar-refractivity contribution in [2.24, 2.45) is 5.73 Å². The Morgan fingerprint density at radius 3 is 2.79 bits per heavy atom. The minimum atomic E-state index is -0.636. The summed E-state index contributed by atoms with van der Waals surface area (Å²) in [5, 5.41) is 3.53. The number of hydrogen-bond donors (Lipinski definition) is 4. The number of hydrogen-bond acceptors (Lipinski definition) is 4. The molecule has 3 aromatic rings. The lowest BCUT2D eigenvalue weighted by atomic mass is 10.1. The Bertz CT molecular complexity index is 997. The highest BCUT2D eigenvalue weighted by molar-refractivity contribution is 6.31. The van der Waals surface area contributed by atoms with E-state index in [0.717, 1.165) is 0 Å². The summed E-state index contributed by atoms with van der Waals surface area (Å²) < 4.78 is 13.5. The van der Waals surface area contributed by atoms with Crippen molar-refractivity contribution in [3.05, 3.63) is 56.8 Å². The second kappa shape index (κ2) is 5.97. The van der Waals surface area contributed by atoms with Crippen molar-refractivity contribution >= 4 is 34.4 Å². The molecule has 1 aromatic carbocycles. The number of amides is 1. The summed E-state index contributed by atoms with van der Waals surface area (Å²) in [5.74, 6) is -0.940. The molecule has 5 N–H and O–H groups in total. The third-order valence-corrected chi connectivity index (χ3v) is 3.86. The van der Waals surface area contributed by atoms with E-state index in [4.69, 9.17) is 17.3 Å². The third kappa shape index (κ3) is 2.95. The van der Waals surface area contributed by atoms with Crippen LogP contribution >= 0.6 is 11.6 Å². The van der Waals surface area contributed by atoms with Gasteiger partial charge in [0.1, 0.15) is 11.5 Å². The van der Waals surface area contributed by atoms with Gasteiger partial charge in [0.25, 0.3) is 11.5 Å². The molecular weight excluding hydrogens is 337 g/mol. The molecule has 0 unspecified atom stereocenters. The third-order valence-electron chi connectivity index (χ3n) is 3.57. The molecule has 0 spiro atoms. The summed E-state index contributed by atoms with van der Waals surface area (Å²) in [5.41, 5.74) is 5.69. The van der Waals surface area contributed by atoms with Crippen LogP contribution < -0.4 is 16.6 Å². The highest BCUT2D eigenvalue weighted by Crippen LogP contribution is 2.23. The van der Waals surface area contributed by atoms with Gasteiger partial charge in [0.05, 0.1) is 22.8 Å². The first kappa shape index (κ1) is 16.0. The Kier molecular flexibility index (Phi) is 3.98. The maximum atomic E-state index is 13.5. The Labute approximate surface area is 140 Å². The van der Waals surface area contributed by atoms with Crippen LogP contribution in [0.15, 0.2) is 29.2 Å². The van der Waals surface area contributed by atoms with Gasteiger partial charge in [-0.2, -0.15) is 0 Å². The summed E-state index contributed by atoms with van der Waals surface area (Å²) in [7, 11) is 0. The van der Waals surface area contributed by atoms with Gasteiger partial charge < -0.3 is 21.0 Å². The first-order valence-electron chi connectivity index (χ1n) is 6.98. The lowest BCUT2D eigenvalue weighted by molar-refractivity contribution is 0.0996. The minimum absolute atomic E-state index is 0.0294. The summed E-state index contributed by atoms with van der Waals surface area (Å²) in [4.78, 5) is 32.6. The van der Waals surface area contributed by atoms with Crippen LogP contribution in [0.5, 0.6) is 0 Å². The molecule has 3 rings (SSSR count). The van der Waals surface area contributed by atoms with Crippen molar-refractivity contribution in [1.29, 1.82) is 0 Å². The fourth-order valence-corrected chi connectivity index (χ4v) is 2.51. The average molecular weight is 350 g/mol. The van der Waals surface area contributed by atoms with Crippen LogP contribution in [0.2, 0.25) is 5.02 Å². The van der Waals surface area contributed by atoms with E-state index in [9.17, 15) is 14.0 Å². The molecular formula is C15H13ClFN5O2. The van der Waals surface area contributed by atoms with Crippen LogP contribution in [0.25, 0.3) is 10.9 Å². The summed E-state index contributed by atoms with van der Waals surface area (Å²) in [6, 6.07) is 3.80. The van der Waals surface area contributed by atoms with Crippen LogP contribution in [-0.2, 0) is 0 Å². The van der Waals surface area contributed by atoms with Gasteiger partial charge in [-0.3, -0.25) is 9.59 Å². The number of halogens is 2. The van der Waals surface area contributed by atoms with Crippen LogP contribution in [0.1, 0.15) is 29.0 Å². The Morgan fingerprint density at radius 1 is 1.38 bits per heavy atom. The fourth-order valence-electron chi connectivity index (χ4n) is 2.34. The topological polar surface area (TPSA) is 117 Å². The second-order valence-corrected chi connectivity index (χ2v) is 5.69. The number of aromatic amines is 2. The molecule has 1 atom stereocenters. The zero-order valence-electron chi connectivity index (χ0n) is 12.5. The van der Waals surface area contributed by atoms with Crippen molar-refractivity contribution in [3.8, 4) is 0 Å². The lowest BCUT2D eigenvalue weighted by Gasteiger charge is -2.13.